The molecule has 0 spiro atoms. The Bertz CT molecular complexity index is 616. The lowest BCUT2D eigenvalue weighted by atomic mass is 9.95. The number of nitrogen functional groups attached to an aromatic ring is 1. The van der Waals surface area contributed by atoms with Gasteiger partial charge in [-0.1, -0.05) is 0 Å². The number of primary sulfonamides is 1. The molecule has 1 fully saturated rings. The first-order valence-corrected chi connectivity index (χ1v) is 8.48. The zero-order valence-corrected chi connectivity index (χ0v) is 13.2. The van der Waals surface area contributed by atoms with Gasteiger partial charge in [0.25, 0.3) is 0 Å². The summed E-state index contributed by atoms with van der Waals surface area (Å²) in [5.74, 6) is 0.473. The molecule has 0 heterocycles. The Morgan fingerprint density at radius 2 is 1.90 bits per heavy atom. The molecule has 4 N–H and O–H groups in total. The molecule has 0 saturated heterocycles. The summed E-state index contributed by atoms with van der Waals surface area (Å²) >= 11 is 0. The Balaban J connectivity index is 2.26. The summed E-state index contributed by atoms with van der Waals surface area (Å²) < 4.78 is 34.5. The fourth-order valence-corrected chi connectivity index (χ4v) is 3.53. The van der Waals surface area contributed by atoms with Gasteiger partial charge in [0, 0.05) is 30.8 Å². The summed E-state index contributed by atoms with van der Waals surface area (Å²) in [6.07, 6.45) is 3.93. The van der Waals surface area contributed by atoms with Crippen LogP contribution in [-0.2, 0) is 14.8 Å². The highest BCUT2D eigenvalue weighted by Crippen LogP contribution is 2.31. The Morgan fingerprint density at radius 3 is 2.52 bits per heavy atom. The topological polar surface area (TPSA) is 105 Å². The number of ether oxygens (including phenoxy) is 2. The van der Waals surface area contributed by atoms with Crippen molar-refractivity contribution in [3.63, 3.8) is 0 Å². The molecule has 2 unspecified atom stereocenters. The molecule has 1 saturated carbocycles. The molecular weight excluding hydrogens is 292 g/mol. The van der Waals surface area contributed by atoms with Crippen molar-refractivity contribution in [1.82, 2.24) is 0 Å². The van der Waals surface area contributed by atoms with E-state index in [9.17, 15) is 8.42 Å². The normalized spacial score (nSPS) is 23.0. The van der Waals surface area contributed by atoms with Crippen LogP contribution in [0, 0.1) is 6.92 Å². The van der Waals surface area contributed by atoms with E-state index in [1.807, 2.05) is 0 Å². The maximum absolute atomic E-state index is 11.6. The summed E-state index contributed by atoms with van der Waals surface area (Å²) in [5.41, 5.74) is 6.57. The van der Waals surface area contributed by atoms with Crippen molar-refractivity contribution >= 4 is 15.7 Å². The van der Waals surface area contributed by atoms with Gasteiger partial charge in [-0.15, -0.1) is 0 Å². The van der Waals surface area contributed by atoms with Crippen molar-refractivity contribution in [2.24, 2.45) is 5.14 Å². The minimum absolute atomic E-state index is 0.00229. The minimum Gasteiger partial charge on any atom is -0.490 e. The van der Waals surface area contributed by atoms with Crippen molar-refractivity contribution in [2.45, 2.75) is 49.7 Å². The van der Waals surface area contributed by atoms with Crippen LogP contribution < -0.4 is 15.6 Å². The number of nitrogens with two attached hydrogens (primary N) is 2. The molecule has 2 atom stereocenters. The molecule has 0 amide bonds. The number of hydrogen-bond acceptors (Lipinski definition) is 5. The lowest BCUT2D eigenvalue weighted by molar-refractivity contribution is 0.0207. The SMILES string of the molecule is COC1CCCC(Oc2cc(N)cc(S(N)(=O)=O)c2C)C1. The van der Waals surface area contributed by atoms with E-state index in [0.717, 1.165) is 25.7 Å². The fourth-order valence-electron chi connectivity index (χ4n) is 2.70. The maximum Gasteiger partial charge on any atom is 0.238 e. The third-order valence-corrected chi connectivity index (χ3v) is 4.88. The predicted octanol–water partition coefficient (Wildman–Crippen LogP) is 1.56. The monoisotopic (exact) mass is 314 g/mol. The van der Waals surface area contributed by atoms with Crippen LogP contribution in [0.25, 0.3) is 0 Å². The molecule has 0 aromatic heterocycles. The largest absolute Gasteiger partial charge is 0.490 e. The van der Waals surface area contributed by atoms with Gasteiger partial charge in [0.05, 0.1) is 11.0 Å². The molecule has 1 aromatic carbocycles. The second-order valence-corrected chi connectivity index (χ2v) is 6.98. The number of methoxy groups -OCH3 is 1. The molecule has 1 aliphatic rings. The third kappa shape index (κ3) is 3.87. The molecule has 1 aliphatic carbocycles. The standard InChI is InChI=1S/C14H22N2O4S/c1-9-13(6-10(15)7-14(9)21(16,17)18)20-12-5-3-4-11(8-12)19-2/h6-7,11-12H,3-5,8,15H2,1-2H3,(H2,16,17,18). The predicted molar refractivity (Wildman–Crippen MR) is 80.6 cm³/mol. The van der Waals surface area contributed by atoms with Crippen LogP contribution in [0.5, 0.6) is 5.75 Å². The number of anilines is 1. The van der Waals surface area contributed by atoms with E-state index in [4.69, 9.17) is 20.3 Å². The van der Waals surface area contributed by atoms with E-state index >= 15 is 0 Å². The molecule has 1 aromatic rings. The number of sulfonamides is 1. The zero-order valence-electron chi connectivity index (χ0n) is 12.3. The smallest absolute Gasteiger partial charge is 0.238 e. The summed E-state index contributed by atoms with van der Waals surface area (Å²) in [6, 6.07) is 3.00. The van der Waals surface area contributed by atoms with E-state index in [1.54, 1.807) is 20.1 Å². The van der Waals surface area contributed by atoms with Crippen molar-refractivity contribution in [3.8, 4) is 5.75 Å². The summed E-state index contributed by atoms with van der Waals surface area (Å²) in [7, 11) is -2.13. The fraction of sp³-hybridized carbons (Fsp3) is 0.571. The number of hydrogen-bond donors (Lipinski definition) is 2. The average molecular weight is 314 g/mol. The molecule has 0 bridgehead atoms. The van der Waals surface area contributed by atoms with Gasteiger partial charge in [0.1, 0.15) is 11.9 Å². The van der Waals surface area contributed by atoms with Crippen LogP contribution in [0.2, 0.25) is 0 Å². The van der Waals surface area contributed by atoms with E-state index in [1.165, 1.54) is 6.07 Å². The molecule has 21 heavy (non-hydrogen) atoms. The van der Waals surface area contributed by atoms with E-state index in [-0.39, 0.29) is 17.1 Å². The lowest BCUT2D eigenvalue weighted by Gasteiger charge is -2.29. The van der Waals surface area contributed by atoms with Gasteiger partial charge in [0.2, 0.25) is 10.0 Å². The third-order valence-electron chi connectivity index (χ3n) is 3.85. The van der Waals surface area contributed by atoms with Gasteiger partial charge in [-0.05, 0) is 32.3 Å². The molecule has 0 aliphatic heterocycles. The van der Waals surface area contributed by atoms with Gasteiger partial charge in [-0.2, -0.15) is 0 Å². The zero-order chi connectivity index (χ0) is 15.6. The lowest BCUT2D eigenvalue weighted by Crippen LogP contribution is -2.29. The Hall–Kier alpha value is -1.31. The van der Waals surface area contributed by atoms with Gasteiger partial charge >= 0.3 is 0 Å². The molecule has 7 heteroatoms. The summed E-state index contributed by atoms with van der Waals surface area (Å²) in [4.78, 5) is 0.0107. The molecule has 2 rings (SSSR count). The Labute approximate surface area is 125 Å². The first-order chi connectivity index (χ1) is 9.81. The molecule has 118 valence electrons. The quantitative estimate of drug-likeness (QED) is 0.821. The second kappa shape index (κ2) is 6.21. The Kier molecular flexibility index (Phi) is 4.75. The van der Waals surface area contributed by atoms with Crippen molar-refractivity contribution in [3.05, 3.63) is 17.7 Å². The maximum atomic E-state index is 11.6. The molecule has 0 radical (unpaired) electrons. The molecule has 6 nitrogen and oxygen atoms in total. The van der Waals surface area contributed by atoms with Gasteiger partial charge in [-0.3, -0.25) is 0 Å². The summed E-state index contributed by atoms with van der Waals surface area (Å²) in [6.45, 7) is 1.67. The number of rotatable bonds is 4. The average Bonchev–Trinajstić information content (AvgIpc) is 2.41. The van der Waals surface area contributed by atoms with Crippen LogP contribution >= 0.6 is 0 Å². The van der Waals surface area contributed by atoms with Crippen LogP contribution in [0.1, 0.15) is 31.2 Å². The highest BCUT2D eigenvalue weighted by Gasteiger charge is 2.25. The van der Waals surface area contributed by atoms with Crippen LogP contribution in [0.3, 0.4) is 0 Å². The summed E-state index contributed by atoms with van der Waals surface area (Å²) in [5, 5.41) is 5.21. The number of benzene rings is 1. The van der Waals surface area contributed by atoms with Crippen LogP contribution in [0.15, 0.2) is 17.0 Å². The highest BCUT2D eigenvalue weighted by molar-refractivity contribution is 7.89. The van der Waals surface area contributed by atoms with Crippen LogP contribution in [0.4, 0.5) is 5.69 Å². The van der Waals surface area contributed by atoms with Crippen LogP contribution in [-0.4, -0.2) is 27.7 Å². The van der Waals surface area contributed by atoms with Gasteiger partial charge < -0.3 is 15.2 Å². The highest BCUT2D eigenvalue weighted by atomic mass is 32.2. The Morgan fingerprint density at radius 1 is 1.24 bits per heavy atom. The van der Waals surface area contributed by atoms with Crippen molar-refractivity contribution in [1.29, 1.82) is 0 Å². The second-order valence-electron chi connectivity index (χ2n) is 5.45. The van der Waals surface area contributed by atoms with E-state index in [2.05, 4.69) is 0 Å². The minimum atomic E-state index is -3.82. The molecular formula is C14H22N2O4S. The van der Waals surface area contributed by atoms with Gasteiger partial charge in [-0.25, -0.2) is 13.6 Å². The van der Waals surface area contributed by atoms with Gasteiger partial charge in [0.15, 0.2) is 0 Å². The van der Waals surface area contributed by atoms with E-state index in [0.29, 0.717) is 17.0 Å². The van der Waals surface area contributed by atoms with Crippen molar-refractivity contribution < 1.29 is 17.9 Å². The first-order valence-electron chi connectivity index (χ1n) is 6.93. The van der Waals surface area contributed by atoms with E-state index < -0.39 is 10.0 Å². The first kappa shape index (κ1) is 16.1. The van der Waals surface area contributed by atoms with Crippen molar-refractivity contribution in [2.75, 3.05) is 12.8 Å².